The van der Waals surface area contributed by atoms with E-state index in [-0.39, 0.29) is 11.4 Å². The van der Waals surface area contributed by atoms with E-state index in [1.807, 2.05) is 38.1 Å². The maximum Gasteiger partial charge on any atom is 0.267 e. The molecule has 2 aromatic carbocycles. The van der Waals surface area contributed by atoms with E-state index >= 15 is 0 Å². The Kier molecular flexibility index (Phi) is 6.30. The molecule has 0 aliphatic rings. The lowest BCUT2D eigenvalue weighted by atomic mass is 10.1. The predicted octanol–water partition coefficient (Wildman–Crippen LogP) is 3.83. The smallest absolute Gasteiger partial charge is 0.267 e. The molecule has 0 radical (unpaired) electrons. The summed E-state index contributed by atoms with van der Waals surface area (Å²) in [6.07, 6.45) is 2.16. The minimum Gasteiger partial charge on any atom is -0.386 e. The first-order chi connectivity index (χ1) is 12.0. The molecule has 2 rings (SSSR count). The molecule has 0 fully saturated rings. The Balaban J connectivity index is 2.06. The fraction of sp³-hybridized carbons (Fsp3) is 0.200. The first-order valence-electron chi connectivity index (χ1n) is 8.03. The highest BCUT2D eigenvalue weighted by Gasteiger charge is 2.12. The van der Waals surface area contributed by atoms with Crippen molar-refractivity contribution in [1.82, 2.24) is 5.32 Å². The second-order valence-corrected chi connectivity index (χ2v) is 5.59. The molecule has 0 bridgehead atoms. The van der Waals surface area contributed by atoms with Crippen LogP contribution >= 0.6 is 0 Å². The minimum absolute atomic E-state index is 0.0209. The molecule has 1 amide bonds. The predicted molar refractivity (Wildman–Crippen MR) is 96.1 cm³/mol. The molecule has 0 saturated heterocycles. The number of nitrogens with one attached hydrogen (secondary N) is 2. The van der Waals surface area contributed by atoms with Crippen LogP contribution in [-0.4, -0.2) is 5.91 Å². The quantitative estimate of drug-likeness (QED) is 0.622. The van der Waals surface area contributed by atoms with E-state index < -0.39 is 5.91 Å². The van der Waals surface area contributed by atoms with E-state index in [0.29, 0.717) is 6.54 Å². The average Bonchev–Trinajstić information content (AvgIpc) is 2.62. The van der Waals surface area contributed by atoms with Crippen LogP contribution in [0.1, 0.15) is 23.6 Å². The van der Waals surface area contributed by atoms with Crippen LogP contribution in [0.5, 0.6) is 0 Å². The number of anilines is 1. The standard InChI is InChI=1S/C20H20FN3O/c1-3-16-6-4-5-14(2)19(16)24-20(25)17(11-22)13-23-12-15-7-9-18(21)10-8-15/h4-10,13,23H,3,12H2,1-2H3,(H,24,25)/b17-13-. The lowest BCUT2D eigenvalue weighted by Crippen LogP contribution is -2.18. The Morgan fingerprint density at radius 1 is 1.24 bits per heavy atom. The summed E-state index contributed by atoms with van der Waals surface area (Å²) in [6, 6.07) is 13.7. The maximum absolute atomic E-state index is 12.9. The third-order valence-corrected chi connectivity index (χ3v) is 3.81. The van der Waals surface area contributed by atoms with Crippen molar-refractivity contribution in [3.8, 4) is 6.07 Å². The number of benzene rings is 2. The van der Waals surface area contributed by atoms with Crippen molar-refractivity contribution in [3.63, 3.8) is 0 Å². The molecule has 0 aliphatic heterocycles. The van der Waals surface area contributed by atoms with E-state index in [9.17, 15) is 14.4 Å². The van der Waals surface area contributed by atoms with Crippen molar-refractivity contribution in [1.29, 1.82) is 5.26 Å². The Hall–Kier alpha value is -3.13. The minimum atomic E-state index is -0.460. The van der Waals surface area contributed by atoms with Gasteiger partial charge in [-0.1, -0.05) is 37.3 Å². The zero-order valence-corrected chi connectivity index (χ0v) is 14.3. The number of amides is 1. The van der Waals surface area contributed by atoms with Crippen LogP contribution < -0.4 is 10.6 Å². The third-order valence-electron chi connectivity index (χ3n) is 3.81. The van der Waals surface area contributed by atoms with Crippen molar-refractivity contribution in [3.05, 3.63) is 76.7 Å². The number of rotatable bonds is 6. The molecule has 5 heteroatoms. The van der Waals surface area contributed by atoms with Gasteiger partial charge >= 0.3 is 0 Å². The average molecular weight is 337 g/mol. The van der Waals surface area contributed by atoms with Gasteiger partial charge in [0.15, 0.2) is 0 Å². The normalized spacial score (nSPS) is 10.9. The largest absolute Gasteiger partial charge is 0.386 e. The number of hydrogen-bond donors (Lipinski definition) is 2. The number of carbonyl (C=O) groups excluding carboxylic acids is 1. The Morgan fingerprint density at radius 2 is 1.96 bits per heavy atom. The van der Waals surface area contributed by atoms with Gasteiger partial charge < -0.3 is 10.6 Å². The van der Waals surface area contributed by atoms with E-state index in [2.05, 4.69) is 10.6 Å². The van der Waals surface area contributed by atoms with Crippen molar-refractivity contribution >= 4 is 11.6 Å². The van der Waals surface area contributed by atoms with Gasteiger partial charge in [-0.3, -0.25) is 4.79 Å². The van der Waals surface area contributed by atoms with Crippen LogP contribution in [0.3, 0.4) is 0 Å². The zero-order valence-electron chi connectivity index (χ0n) is 14.3. The molecule has 25 heavy (non-hydrogen) atoms. The summed E-state index contributed by atoms with van der Waals surface area (Å²) < 4.78 is 12.9. The van der Waals surface area contributed by atoms with Crippen molar-refractivity contribution in [2.45, 2.75) is 26.8 Å². The Labute approximate surface area is 147 Å². The molecule has 0 spiro atoms. The molecule has 0 saturated carbocycles. The molecule has 0 aromatic heterocycles. The fourth-order valence-corrected chi connectivity index (χ4v) is 2.40. The number of aryl methyl sites for hydroxylation is 2. The molecule has 2 N–H and O–H groups in total. The lowest BCUT2D eigenvalue weighted by Gasteiger charge is -2.12. The number of nitriles is 1. The van der Waals surface area contributed by atoms with Crippen LogP contribution in [0.2, 0.25) is 0 Å². The molecule has 0 heterocycles. The van der Waals surface area contributed by atoms with Gasteiger partial charge in [-0.25, -0.2) is 4.39 Å². The van der Waals surface area contributed by atoms with Gasteiger partial charge in [-0.05, 0) is 42.2 Å². The van der Waals surface area contributed by atoms with Gasteiger partial charge in [0.2, 0.25) is 0 Å². The SMILES string of the molecule is CCc1cccc(C)c1NC(=O)/C(C#N)=C\NCc1ccc(F)cc1. The molecule has 0 atom stereocenters. The first kappa shape index (κ1) is 18.2. The number of hydrogen-bond acceptors (Lipinski definition) is 3. The van der Waals surface area contributed by atoms with Crippen molar-refractivity contribution in [2.75, 3.05) is 5.32 Å². The summed E-state index contributed by atoms with van der Waals surface area (Å²) in [5.74, 6) is -0.764. The third kappa shape index (κ3) is 4.92. The van der Waals surface area contributed by atoms with E-state index in [0.717, 1.165) is 28.8 Å². The van der Waals surface area contributed by atoms with Gasteiger partial charge in [0.25, 0.3) is 5.91 Å². The van der Waals surface area contributed by atoms with E-state index in [1.54, 1.807) is 12.1 Å². The highest BCUT2D eigenvalue weighted by atomic mass is 19.1. The van der Waals surface area contributed by atoms with E-state index in [4.69, 9.17) is 0 Å². The fourth-order valence-electron chi connectivity index (χ4n) is 2.40. The maximum atomic E-state index is 12.9. The summed E-state index contributed by atoms with van der Waals surface area (Å²) in [5.41, 5.74) is 3.54. The molecule has 0 aliphatic carbocycles. The van der Waals surface area contributed by atoms with Crippen molar-refractivity contribution < 1.29 is 9.18 Å². The molecule has 128 valence electrons. The van der Waals surface area contributed by atoms with Gasteiger partial charge in [0.1, 0.15) is 17.5 Å². The summed E-state index contributed by atoms with van der Waals surface area (Å²) in [7, 11) is 0. The second-order valence-electron chi connectivity index (χ2n) is 5.59. The lowest BCUT2D eigenvalue weighted by molar-refractivity contribution is -0.112. The molecular formula is C20H20FN3O. The second kappa shape index (κ2) is 8.65. The van der Waals surface area contributed by atoms with E-state index in [1.165, 1.54) is 18.3 Å². The van der Waals surface area contributed by atoms with Crippen LogP contribution in [-0.2, 0) is 17.8 Å². The Bertz CT molecular complexity index is 820. The summed E-state index contributed by atoms with van der Waals surface area (Å²) in [5, 5.41) is 15.0. The summed E-state index contributed by atoms with van der Waals surface area (Å²) >= 11 is 0. The molecule has 0 unspecified atom stereocenters. The topological polar surface area (TPSA) is 64.9 Å². The van der Waals surface area contributed by atoms with Gasteiger partial charge in [-0.15, -0.1) is 0 Å². The van der Waals surface area contributed by atoms with Gasteiger partial charge in [-0.2, -0.15) is 5.26 Å². The van der Waals surface area contributed by atoms with Crippen LogP contribution in [0.4, 0.5) is 10.1 Å². The Morgan fingerprint density at radius 3 is 2.60 bits per heavy atom. The van der Waals surface area contributed by atoms with Gasteiger partial charge in [0, 0.05) is 18.4 Å². The number of halogens is 1. The first-order valence-corrected chi connectivity index (χ1v) is 8.03. The molecule has 2 aromatic rings. The zero-order chi connectivity index (χ0) is 18.2. The van der Waals surface area contributed by atoms with Crippen LogP contribution in [0.25, 0.3) is 0 Å². The number of carbonyl (C=O) groups is 1. The summed E-state index contributed by atoms with van der Waals surface area (Å²) in [4.78, 5) is 12.4. The van der Waals surface area contributed by atoms with Crippen LogP contribution in [0, 0.1) is 24.1 Å². The number of para-hydroxylation sites is 1. The monoisotopic (exact) mass is 337 g/mol. The van der Waals surface area contributed by atoms with Crippen molar-refractivity contribution in [2.24, 2.45) is 0 Å². The molecule has 4 nitrogen and oxygen atoms in total. The number of nitrogens with zero attached hydrogens (tertiary/aromatic N) is 1. The van der Waals surface area contributed by atoms with Crippen LogP contribution in [0.15, 0.2) is 54.2 Å². The van der Waals surface area contributed by atoms with Gasteiger partial charge in [0.05, 0.1) is 0 Å². The highest BCUT2D eigenvalue weighted by molar-refractivity contribution is 6.07. The molecular weight excluding hydrogens is 317 g/mol. The summed E-state index contributed by atoms with van der Waals surface area (Å²) in [6.45, 7) is 4.32. The highest BCUT2D eigenvalue weighted by Crippen LogP contribution is 2.21.